The lowest BCUT2D eigenvalue weighted by Gasteiger charge is -2.19. The Kier molecular flexibility index (Phi) is 3.74. The monoisotopic (exact) mass is 313 g/mol. The Hall–Kier alpha value is -2.53. The van der Waals surface area contributed by atoms with E-state index in [1.165, 1.54) is 6.07 Å². The number of carbonyl (C=O) groups is 2. The second-order valence-corrected chi connectivity index (χ2v) is 5.85. The first-order valence-corrected chi connectivity index (χ1v) is 7.29. The molecule has 1 unspecified atom stereocenters. The highest BCUT2D eigenvalue weighted by Gasteiger charge is 2.36. The van der Waals surface area contributed by atoms with Gasteiger partial charge in [-0.15, -0.1) is 0 Å². The van der Waals surface area contributed by atoms with E-state index in [4.69, 9.17) is 0 Å². The standard InChI is InChI=1S/C18H16FNO3/c1-10-5-11(2)7-12(6-10)16(21)9-20-17(22)14-4-3-13(19)8-15(14)18(20)23/h3-8,16,21H,9H2,1-2H3. The summed E-state index contributed by atoms with van der Waals surface area (Å²) < 4.78 is 13.3. The van der Waals surface area contributed by atoms with Crippen LogP contribution in [0.15, 0.2) is 36.4 Å². The van der Waals surface area contributed by atoms with Crippen molar-refractivity contribution in [3.05, 3.63) is 70.0 Å². The molecule has 1 atom stereocenters. The summed E-state index contributed by atoms with van der Waals surface area (Å²) in [7, 11) is 0. The third-order valence-corrected chi connectivity index (χ3v) is 3.92. The lowest BCUT2D eigenvalue weighted by molar-refractivity contribution is 0.0543. The minimum atomic E-state index is -0.986. The maximum absolute atomic E-state index is 13.3. The highest BCUT2D eigenvalue weighted by Crippen LogP contribution is 2.26. The van der Waals surface area contributed by atoms with Gasteiger partial charge in [0.2, 0.25) is 0 Å². The zero-order valence-electron chi connectivity index (χ0n) is 12.8. The summed E-state index contributed by atoms with van der Waals surface area (Å²) in [5.74, 6) is -1.65. The third kappa shape index (κ3) is 2.75. The number of aliphatic hydroxyl groups excluding tert-OH is 1. The van der Waals surface area contributed by atoms with E-state index in [2.05, 4.69) is 0 Å². The molecule has 1 heterocycles. The number of imide groups is 1. The smallest absolute Gasteiger partial charge is 0.261 e. The number of carbonyl (C=O) groups excluding carboxylic acids is 2. The summed E-state index contributed by atoms with van der Waals surface area (Å²) in [6, 6.07) is 9.10. The Morgan fingerprint density at radius 2 is 1.61 bits per heavy atom. The average molecular weight is 313 g/mol. The van der Waals surface area contributed by atoms with Crippen LogP contribution in [0.4, 0.5) is 4.39 Å². The molecule has 0 saturated heterocycles. The van der Waals surface area contributed by atoms with Gasteiger partial charge in [-0.1, -0.05) is 29.3 Å². The minimum Gasteiger partial charge on any atom is -0.387 e. The second kappa shape index (κ2) is 5.59. The lowest BCUT2D eigenvalue weighted by atomic mass is 10.0. The van der Waals surface area contributed by atoms with Crippen LogP contribution in [0.5, 0.6) is 0 Å². The van der Waals surface area contributed by atoms with Crippen molar-refractivity contribution in [2.75, 3.05) is 6.54 Å². The fourth-order valence-electron chi connectivity index (χ4n) is 2.91. The molecule has 0 spiro atoms. The van der Waals surface area contributed by atoms with Crippen molar-refractivity contribution < 1.29 is 19.1 Å². The van der Waals surface area contributed by atoms with Crippen molar-refractivity contribution in [2.24, 2.45) is 0 Å². The number of hydrogen-bond acceptors (Lipinski definition) is 3. The zero-order chi connectivity index (χ0) is 16.7. The first-order chi connectivity index (χ1) is 10.9. The number of benzene rings is 2. The van der Waals surface area contributed by atoms with Crippen LogP contribution in [0, 0.1) is 19.7 Å². The van der Waals surface area contributed by atoms with Gasteiger partial charge in [-0.05, 0) is 37.6 Å². The van der Waals surface area contributed by atoms with E-state index in [0.29, 0.717) is 5.56 Å². The number of nitrogens with zero attached hydrogens (tertiary/aromatic N) is 1. The number of halogens is 1. The average Bonchev–Trinajstić information content (AvgIpc) is 2.71. The first kappa shape index (κ1) is 15.4. The molecule has 2 aromatic rings. The van der Waals surface area contributed by atoms with E-state index in [9.17, 15) is 19.1 Å². The molecule has 0 aromatic heterocycles. The molecular formula is C18H16FNO3. The van der Waals surface area contributed by atoms with E-state index < -0.39 is 23.7 Å². The Labute approximate surface area is 133 Å². The molecule has 1 aliphatic rings. The van der Waals surface area contributed by atoms with Gasteiger partial charge >= 0.3 is 0 Å². The number of aryl methyl sites for hydroxylation is 2. The Bertz CT molecular complexity index is 796. The maximum atomic E-state index is 13.3. The van der Waals surface area contributed by atoms with Crippen LogP contribution in [0.3, 0.4) is 0 Å². The summed E-state index contributed by atoms with van der Waals surface area (Å²) >= 11 is 0. The lowest BCUT2D eigenvalue weighted by Crippen LogP contribution is -2.33. The molecule has 0 fully saturated rings. The normalized spacial score (nSPS) is 15.0. The summed E-state index contributed by atoms with van der Waals surface area (Å²) in [6.45, 7) is 3.67. The quantitative estimate of drug-likeness (QED) is 0.887. The largest absolute Gasteiger partial charge is 0.387 e. The molecule has 2 amide bonds. The summed E-state index contributed by atoms with van der Waals surface area (Å²) in [5.41, 5.74) is 2.84. The van der Waals surface area contributed by atoms with Crippen LogP contribution in [0.25, 0.3) is 0 Å². The first-order valence-electron chi connectivity index (χ1n) is 7.29. The van der Waals surface area contributed by atoms with Gasteiger partial charge in [-0.2, -0.15) is 0 Å². The fraction of sp³-hybridized carbons (Fsp3) is 0.222. The number of hydrogen-bond donors (Lipinski definition) is 1. The van der Waals surface area contributed by atoms with Crippen molar-refractivity contribution in [1.82, 2.24) is 4.90 Å². The maximum Gasteiger partial charge on any atom is 0.261 e. The Morgan fingerprint density at radius 1 is 1.00 bits per heavy atom. The van der Waals surface area contributed by atoms with E-state index >= 15 is 0 Å². The van der Waals surface area contributed by atoms with Crippen molar-refractivity contribution in [2.45, 2.75) is 20.0 Å². The molecule has 2 aromatic carbocycles. The Balaban J connectivity index is 1.86. The van der Waals surface area contributed by atoms with E-state index in [0.717, 1.165) is 28.2 Å². The van der Waals surface area contributed by atoms with Crippen molar-refractivity contribution in [1.29, 1.82) is 0 Å². The minimum absolute atomic E-state index is 0.0441. The van der Waals surface area contributed by atoms with Gasteiger partial charge in [0.1, 0.15) is 5.82 Å². The molecule has 1 aliphatic heterocycles. The van der Waals surface area contributed by atoms with Gasteiger partial charge in [0.25, 0.3) is 11.8 Å². The molecule has 0 radical (unpaired) electrons. The molecule has 0 saturated carbocycles. The van der Waals surface area contributed by atoms with Crippen LogP contribution < -0.4 is 0 Å². The number of β-amino-alcohol motifs (C(OH)–C–C–N with tert-alkyl or cyclic N) is 1. The van der Waals surface area contributed by atoms with Gasteiger partial charge in [0.05, 0.1) is 23.8 Å². The highest BCUT2D eigenvalue weighted by atomic mass is 19.1. The molecule has 4 nitrogen and oxygen atoms in total. The molecule has 3 rings (SSSR count). The SMILES string of the molecule is Cc1cc(C)cc(C(O)CN2C(=O)c3ccc(F)cc3C2=O)c1. The van der Waals surface area contributed by atoms with Crippen LogP contribution >= 0.6 is 0 Å². The molecule has 0 bridgehead atoms. The van der Waals surface area contributed by atoms with Crippen LogP contribution in [0.1, 0.15) is 43.5 Å². The van der Waals surface area contributed by atoms with Gasteiger partial charge in [0.15, 0.2) is 0 Å². The zero-order valence-corrected chi connectivity index (χ0v) is 12.8. The van der Waals surface area contributed by atoms with Gasteiger partial charge in [0, 0.05) is 0 Å². The van der Waals surface area contributed by atoms with Crippen LogP contribution in [0.2, 0.25) is 0 Å². The highest BCUT2D eigenvalue weighted by molar-refractivity contribution is 6.21. The van der Waals surface area contributed by atoms with Gasteiger partial charge < -0.3 is 5.11 Å². The topological polar surface area (TPSA) is 57.6 Å². The van der Waals surface area contributed by atoms with E-state index in [1.54, 1.807) is 0 Å². The van der Waals surface area contributed by atoms with E-state index in [-0.39, 0.29) is 17.7 Å². The molecule has 118 valence electrons. The van der Waals surface area contributed by atoms with Crippen molar-refractivity contribution in [3.63, 3.8) is 0 Å². The number of rotatable bonds is 3. The van der Waals surface area contributed by atoms with Crippen LogP contribution in [-0.2, 0) is 0 Å². The fourth-order valence-corrected chi connectivity index (χ4v) is 2.91. The van der Waals surface area contributed by atoms with Crippen molar-refractivity contribution >= 4 is 11.8 Å². The predicted octanol–water partition coefficient (Wildman–Crippen LogP) is 2.77. The van der Waals surface area contributed by atoms with Gasteiger partial charge in [-0.25, -0.2) is 4.39 Å². The Morgan fingerprint density at radius 3 is 2.26 bits per heavy atom. The molecule has 1 N–H and O–H groups in total. The second-order valence-electron chi connectivity index (χ2n) is 5.85. The van der Waals surface area contributed by atoms with Crippen LogP contribution in [-0.4, -0.2) is 28.4 Å². The summed E-state index contributed by atoms with van der Waals surface area (Å²) in [5, 5.41) is 10.4. The number of amides is 2. The number of aliphatic hydroxyl groups is 1. The molecule has 23 heavy (non-hydrogen) atoms. The van der Waals surface area contributed by atoms with Crippen molar-refractivity contribution in [3.8, 4) is 0 Å². The molecular weight excluding hydrogens is 297 g/mol. The molecule has 5 heteroatoms. The third-order valence-electron chi connectivity index (χ3n) is 3.92. The summed E-state index contributed by atoms with van der Waals surface area (Å²) in [6.07, 6.45) is -0.986. The summed E-state index contributed by atoms with van der Waals surface area (Å²) in [4.78, 5) is 25.5. The van der Waals surface area contributed by atoms with Gasteiger partial charge in [-0.3, -0.25) is 14.5 Å². The van der Waals surface area contributed by atoms with E-state index in [1.807, 2.05) is 32.0 Å². The predicted molar refractivity (Wildman–Crippen MR) is 82.6 cm³/mol. The number of fused-ring (bicyclic) bond motifs is 1. The molecule has 0 aliphatic carbocycles.